The van der Waals surface area contributed by atoms with Crippen molar-refractivity contribution in [3.63, 3.8) is 0 Å². The molecule has 1 saturated heterocycles. The van der Waals surface area contributed by atoms with Crippen molar-refractivity contribution in [3.8, 4) is 5.69 Å². The van der Waals surface area contributed by atoms with Crippen molar-refractivity contribution in [3.05, 3.63) is 47.3 Å². The predicted molar refractivity (Wildman–Crippen MR) is 91.0 cm³/mol. The van der Waals surface area contributed by atoms with E-state index in [1.54, 1.807) is 0 Å². The maximum absolute atomic E-state index is 12.4. The molecule has 2 aromatic rings. The van der Waals surface area contributed by atoms with Gasteiger partial charge in [-0.1, -0.05) is 0 Å². The van der Waals surface area contributed by atoms with Crippen LogP contribution in [0.1, 0.15) is 34.6 Å². The van der Waals surface area contributed by atoms with E-state index in [1.165, 1.54) is 0 Å². The average Bonchev–Trinajstić information content (AvgIpc) is 2.88. The van der Waals surface area contributed by atoms with E-state index in [2.05, 4.69) is 22.4 Å². The van der Waals surface area contributed by atoms with Crippen LogP contribution in [-0.4, -0.2) is 46.8 Å². The Bertz CT molecular complexity index is 682. The highest BCUT2D eigenvalue weighted by Gasteiger charge is 2.19. The van der Waals surface area contributed by atoms with Crippen molar-refractivity contribution in [1.82, 2.24) is 20.0 Å². The van der Waals surface area contributed by atoms with Crippen LogP contribution in [0.4, 0.5) is 0 Å². The Morgan fingerprint density at radius 1 is 1.17 bits per heavy atom. The zero-order valence-corrected chi connectivity index (χ0v) is 14.0. The number of hydrogen-bond acceptors (Lipinski definition) is 3. The summed E-state index contributed by atoms with van der Waals surface area (Å²) in [4.78, 5) is 14.7. The summed E-state index contributed by atoms with van der Waals surface area (Å²) in [7, 11) is 2.12. The maximum atomic E-state index is 12.4. The number of nitrogens with zero attached hydrogens (tertiary/aromatic N) is 3. The van der Waals surface area contributed by atoms with Crippen molar-refractivity contribution in [2.75, 3.05) is 20.1 Å². The molecule has 5 heteroatoms. The second-order valence-electron chi connectivity index (χ2n) is 6.44. The third kappa shape index (κ3) is 3.62. The van der Waals surface area contributed by atoms with Crippen LogP contribution in [0.15, 0.2) is 30.3 Å². The molecule has 0 bridgehead atoms. The molecule has 1 N–H and O–H groups in total. The van der Waals surface area contributed by atoms with Crippen molar-refractivity contribution >= 4 is 5.91 Å². The normalized spacial score (nSPS) is 16.5. The van der Waals surface area contributed by atoms with Crippen LogP contribution in [-0.2, 0) is 0 Å². The minimum Gasteiger partial charge on any atom is -0.349 e. The van der Waals surface area contributed by atoms with Crippen molar-refractivity contribution in [1.29, 1.82) is 0 Å². The topological polar surface area (TPSA) is 50.2 Å². The Morgan fingerprint density at radius 2 is 1.83 bits per heavy atom. The number of amides is 1. The van der Waals surface area contributed by atoms with Crippen LogP contribution in [0.2, 0.25) is 0 Å². The van der Waals surface area contributed by atoms with Crippen LogP contribution in [0, 0.1) is 13.8 Å². The molecule has 0 unspecified atom stereocenters. The van der Waals surface area contributed by atoms with Gasteiger partial charge in [-0.3, -0.25) is 4.79 Å². The van der Waals surface area contributed by atoms with Gasteiger partial charge < -0.3 is 10.2 Å². The highest BCUT2D eigenvalue weighted by atomic mass is 16.1. The first kappa shape index (κ1) is 15.7. The molecule has 1 aromatic carbocycles. The smallest absolute Gasteiger partial charge is 0.251 e. The molecule has 23 heavy (non-hydrogen) atoms. The number of aryl methyl sites for hydroxylation is 2. The molecule has 0 spiro atoms. The van der Waals surface area contributed by atoms with E-state index in [0.717, 1.165) is 43.0 Å². The number of aromatic nitrogens is 2. The number of rotatable bonds is 3. The van der Waals surface area contributed by atoms with Crippen LogP contribution in [0.3, 0.4) is 0 Å². The van der Waals surface area contributed by atoms with Gasteiger partial charge in [-0.05, 0) is 77.2 Å². The summed E-state index contributed by atoms with van der Waals surface area (Å²) in [6, 6.07) is 9.97. The lowest BCUT2D eigenvalue weighted by Gasteiger charge is -2.29. The molecule has 2 heterocycles. The first-order valence-electron chi connectivity index (χ1n) is 8.16. The number of carbonyl (C=O) groups excluding carboxylic acids is 1. The van der Waals surface area contributed by atoms with E-state index in [4.69, 9.17) is 0 Å². The minimum atomic E-state index is 0.0134. The Morgan fingerprint density at radius 3 is 2.39 bits per heavy atom. The number of benzene rings is 1. The third-order valence-corrected chi connectivity index (χ3v) is 4.44. The van der Waals surface area contributed by atoms with E-state index in [0.29, 0.717) is 5.56 Å². The van der Waals surface area contributed by atoms with Gasteiger partial charge in [-0.2, -0.15) is 5.10 Å². The molecular weight excluding hydrogens is 288 g/mol. The predicted octanol–water partition coefficient (Wildman–Crippen LogP) is 2.31. The summed E-state index contributed by atoms with van der Waals surface area (Å²) in [6.45, 7) is 6.09. The Kier molecular flexibility index (Phi) is 4.48. The molecular formula is C18H24N4O. The number of piperidine rings is 1. The summed E-state index contributed by atoms with van der Waals surface area (Å²) in [6.07, 6.45) is 2.04. The molecule has 122 valence electrons. The van der Waals surface area contributed by atoms with Gasteiger partial charge in [-0.15, -0.1) is 0 Å². The summed E-state index contributed by atoms with van der Waals surface area (Å²) in [5.41, 5.74) is 3.76. The lowest BCUT2D eigenvalue weighted by atomic mass is 10.0. The van der Waals surface area contributed by atoms with Crippen LogP contribution < -0.4 is 5.32 Å². The third-order valence-electron chi connectivity index (χ3n) is 4.44. The van der Waals surface area contributed by atoms with Crippen LogP contribution >= 0.6 is 0 Å². The van der Waals surface area contributed by atoms with Gasteiger partial charge in [0, 0.05) is 17.3 Å². The van der Waals surface area contributed by atoms with Gasteiger partial charge >= 0.3 is 0 Å². The number of nitrogens with one attached hydrogen (secondary N) is 1. The van der Waals surface area contributed by atoms with Crippen LogP contribution in [0.5, 0.6) is 0 Å². The van der Waals surface area contributed by atoms with Gasteiger partial charge in [0.1, 0.15) is 0 Å². The van der Waals surface area contributed by atoms with Crippen molar-refractivity contribution in [2.45, 2.75) is 32.7 Å². The summed E-state index contributed by atoms with van der Waals surface area (Å²) >= 11 is 0. The molecule has 0 aliphatic carbocycles. The minimum absolute atomic E-state index is 0.0134. The van der Waals surface area contributed by atoms with Crippen LogP contribution in [0.25, 0.3) is 5.69 Å². The van der Waals surface area contributed by atoms with Gasteiger partial charge in [-0.25, -0.2) is 4.68 Å². The van der Waals surface area contributed by atoms with Gasteiger partial charge in [0.2, 0.25) is 0 Å². The van der Waals surface area contributed by atoms with Gasteiger partial charge in [0.25, 0.3) is 5.91 Å². The Hall–Kier alpha value is -2.14. The summed E-state index contributed by atoms with van der Waals surface area (Å²) in [5.74, 6) is 0.0134. The number of likely N-dealkylation sites (tertiary alicyclic amines) is 1. The van der Waals surface area contributed by atoms with Gasteiger partial charge in [0.15, 0.2) is 0 Å². The summed E-state index contributed by atoms with van der Waals surface area (Å²) < 4.78 is 1.90. The Balaban J connectivity index is 1.67. The largest absolute Gasteiger partial charge is 0.349 e. The van der Waals surface area contributed by atoms with Gasteiger partial charge in [0.05, 0.1) is 11.4 Å². The molecule has 1 fully saturated rings. The lowest BCUT2D eigenvalue weighted by molar-refractivity contribution is 0.0917. The zero-order chi connectivity index (χ0) is 16.4. The highest BCUT2D eigenvalue weighted by molar-refractivity contribution is 5.94. The molecule has 1 aliphatic rings. The molecule has 0 radical (unpaired) electrons. The molecule has 3 rings (SSSR count). The van der Waals surface area contributed by atoms with E-state index in [9.17, 15) is 4.79 Å². The van der Waals surface area contributed by atoms with E-state index in [1.807, 2.05) is 48.9 Å². The molecule has 1 aromatic heterocycles. The zero-order valence-electron chi connectivity index (χ0n) is 14.0. The first-order chi connectivity index (χ1) is 11.0. The van der Waals surface area contributed by atoms with E-state index < -0.39 is 0 Å². The molecule has 0 atom stereocenters. The van der Waals surface area contributed by atoms with Crippen molar-refractivity contribution in [2.24, 2.45) is 0 Å². The monoisotopic (exact) mass is 312 g/mol. The fourth-order valence-electron chi connectivity index (χ4n) is 3.07. The molecule has 1 amide bonds. The fourth-order valence-corrected chi connectivity index (χ4v) is 3.07. The fraction of sp³-hybridized carbons (Fsp3) is 0.444. The molecule has 5 nitrogen and oxygen atoms in total. The highest BCUT2D eigenvalue weighted by Crippen LogP contribution is 2.14. The standard InChI is InChI=1S/C18H24N4O/c1-13-12-14(2)22(20-13)17-6-4-15(5-7-17)18(23)19-16-8-10-21(3)11-9-16/h4-7,12,16H,8-11H2,1-3H3,(H,19,23). The average molecular weight is 312 g/mol. The first-order valence-corrected chi connectivity index (χ1v) is 8.16. The Labute approximate surface area is 137 Å². The lowest BCUT2D eigenvalue weighted by Crippen LogP contribution is -2.43. The molecule has 0 saturated carbocycles. The molecule has 1 aliphatic heterocycles. The van der Waals surface area contributed by atoms with E-state index >= 15 is 0 Å². The number of hydrogen-bond donors (Lipinski definition) is 1. The maximum Gasteiger partial charge on any atom is 0.251 e. The van der Waals surface area contributed by atoms with Crippen molar-refractivity contribution < 1.29 is 4.79 Å². The second-order valence-corrected chi connectivity index (χ2v) is 6.44. The quantitative estimate of drug-likeness (QED) is 0.946. The summed E-state index contributed by atoms with van der Waals surface area (Å²) in [5, 5.41) is 7.61. The number of carbonyl (C=O) groups is 1. The second kappa shape index (κ2) is 6.54. The SMILES string of the molecule is Cc1cc(C)n(-c2ccc(C(=O)NC3CCN(C)CC3)cc2)n1. The van der Waals surface area contributed by atoms with E-state index in [-0.39, 0.29) is 11.9 Å².